The Bertz CT molecular complexity index is 859. The predicted molar refractivity (Wildman–Crippen MR) is 121 cm³/mol. The van der Waals surface area contributed by atoms with Gasteiger partial charge in [-0.25, -0.2) is 4.98 Å². The van der Waals surface area contributed by atoms with Crippen molar-refractivity contribution in [3.8, 4) is 0 Å². The number of rotatable bonds is 8. The number of para-hydroxylation sites is 1. The molecule has 0 aliphatic carbocycles. The molecule has 1 fully saturated rings. The van der Waals surface area contributed by atoms with E-state index < -0.39 is 6.04 Å². The molecular formula is C24H33N5O2. The minimum Gasteiger partial charge on any atom is -0.356 e. The van der Waals surface area contributed by atoms with E-state index in [1.807, 2.05) is 23.1 Å². The molecule has 3 heterocycles. The topological polar surface area (TPSA) is 70.5 Å². The molecule has 1 unspecified atom stereocenters. The molecule has 2 amide bonds. The highest BCUT2D eigenvalue weighted by molar-refractivity contribution is 6.00. The van der Waals surface area contributed by atoms with Gasteiger partial charge in [0.25, 0.3) is 5.91 Å². The van der Waals surface area contributed by atoms with Crippen molar-refractivity contribution in [1.82, 2.24) is 19.8 Å². The Hall–Kier alpha value is -2.67. The van der Waals surface area contributed by atoms with Crippen LogP contribution in [0.15, 0.2) is 43.0 Å². The van der Waals surface area contributed by atoms with Crippen molar-refractivity contribution >= 4 is 17.5 Å². The van der Waals surface area contributed by atoms with E-state index in [0.29, 0.717) is 13.1 Å². The minimum atomic E-state index is -0.584. The smallest absolute Gasteiger partial charge is 0.250 e. The van der Waals surface area contributed by atoms with Gasteiger partial charge in [-0.05, 0) is 56.9 Å². The Balaban J connectivity index is 1.32. The number of amides is 2. The number of likely N-dealkylation sites (tertiary alicyclic amines) is 1. The third-order valence-corrected chi connectivity index (χ3v) is 6.37. The summed E-state index contributed by atoms with van der Waals surface area (Å²) in [5.41, 5.74) is 2.13. The fourth-order valence-corrected chi connectivity index (χ4v) is 4.66. The summed E-state index contributed by atoms with van der Waals surface area (Å²) in [6.45, 7) is 4.66. The molecule has 2 aliphatic rings. The predicted octanol–water partition coefficient (Wildman–Crippen LogP) is 2.79. The van der Waals surface area contributed by atoms with Crippen LogP contribution in [-0.4, -0.2) is 59.0 Å². The van der Waals surface area contributed by atoms with Crippen molar-refractivity contribution in [2.45, 2.75) is 51.0 Å². The van der Waals surface area contributed by atoms with E-state index >= 15 is 0 Å². The molecule has 2 aliphatic heterocycles. The average Bonchev–Trinajstić information content (AvgIpc) is 3.40. The maximum Gasteiger partial charge on any atom is 0.250 e. The molecule has 1 atom stereocenters. The van der Waals surface area contributed by atoms with Crippen molar-refractivity contribution in [3.05, 3.63) is 48.5 Å². The van der Waals surface area contributed by atoms with Gasteiger partial charge < -0.3 is 19.7 Å². The lowest BCUT2D eigenvalue weighted by Gasteiger charge is -2.25. The number of nitrogens with zero attached hydrogens (tertiary/aromatic N) is 4. The number of fused-ring (bicyclic) bond motifs is 1. The van der Waals surface area contributed by atoms with Crippen LogP contribution in [0.1, 0.15) is 50.1 Å². The molecule has 31 heavy (non-hydrogen) atoms. The molecule has 166 valence electrons. The third-order valence-electron chi connectivity index (χ3n) is 6.37. The molecular weight excluding hydrogens is 390 g/mol. The molecule has 2 aromatic rings. The second kappa shape index (κ2) is 10.6. The summed E-state index contributed by atoms with van der Waals surface area (Å²) in [6, 6.07) is 7.41. The molecule has 4 rings (SSSR count). The lowest BCUT2D eigenvalue weighted by atomic mass is 10.1. The summed E-state index contributed by atoms with van der Waals surface area (Å²) < 4.78 is 1.75. The molecule has 1 aromatic carbocycles. The van der Waals surface area contributed by atoms with E-state index in [4.69, 9.17) is 0 Å². The largest absolute Gasteiger partial charge is 0.356 e. The van der Waals surface area contributed by atoms with Gasteiger partial charge in [0.1, 0.15) is 6.04 Å². The summed E-state index contributed by atoms with van der Waals surface area (Å²) in [5, 5.41) is 3.02. The fourth-order valence-electron chi connectivity index (χ4n) is 4.66. The summed E-state index contributed by atoms with van der Waals surface area (Å²) >= 11 is 0. The van der Waals surface area contributed by atoms with E-state index in [9.17, 15) is 9.59 Å². The van der Waals surface area contributed by atoms with E-state index in [-0.39, 0.29) is 18.2 Å². The maximum atomic E-state index is 13.4. The quantitative estimate of drug-likeness (QED) is 0.663. The highest BCUT2D eigenvalue weighted by Crippen LogP contribution is 2.30. The van der Waals surface area contributed by atoms with Gasteiger partial charge in [-0.1, -0.05) is 31.0 Å². The Labute approximate surface area is 184 Å². The van der Waals surface area contributed by atoms with Crippen molar-refractivity contribution in [1.29, 1.82) is 0 Å². The van der Waals surface area contributed by atoms with Gasteiger partial charge in [0.05, 0.1) is 12.7 Å². The van der Waals surface area contributed by atoms with Gasteiger partial charge in [-0.15, -0.1) is 0 Å². The zero-order valence-electron chi connectivity index (χ0n) is 18.2. The van der Waals surface area contributed by atoms with Crippen molar-refractivity contribution in [3.63, 3.8) is 0 Å². The highest BCUT2D eigenvalue weighted by Gasteiger charge is 2.32. The van der Waals surface area contributed by atoms with E-state index in [2.05, 4.69) is 21.3 Å². The van der Waals surface area contributed by atoms with E-state index in [0.717, 1.165) is 25.1 Å². The van der Waals surface area contributed by atoms with Gasteiger partial charge in [0.2, 0.25) is 5.91 Å². The summed E-state index contributed by atoms with van der Waals surface area (Å²) in [5.74, 6) is -0.141. The van der Waals surface area contributed by atoms with Crippen LogP contribution in [0.2, 0.25) is 0 Å². The van der Waals surface area contributed by atoms with Crippen LogP contribution >= 0.6 is 0 Å². The second-order valence-electron chi connectivity index (χ2n) is 8.56. The van der Waals surface area contributed by atoms with Crippen LogP contribution in [-0.2, 0) is 16.0 Å². The van der Waals surface area contributed by atoms with Crippen LogP contribution in [0.3, 0.4) is 0 Å². The highest BCUT2D eigenvalue weighted by atomic mass is 16.2. The Kier molecular flexibility index (Phi) is 7.35. The van der Waals surface area contributed by atoms with Gasteiger partial charge in [-0.3, -0.25) is 9.59 Å². The first kappa shape index (κ1) is 21.6. The van der Waals surface area contributed by atoms with Crippen LogP contribution in [0.4, 0.5) is 5.69 Å². The first-order chi connectivity index (χ1) is 15.2. The lowest BCUT2D eigenvalue weighted by molar-refractivity contribution is -0.128. The molecule has 0 radical (unpaired) electrons. The molecule has 1 aromatic heterocycles. The van der Waals surface area contributed by atoms with Gasteiger partial charge in [0, 0.05) is 31.2 Å². The van der Waals surface area contributed by atoms with Gasteiger partial charge in [0.15, 0.2) is 0 Å². The minimum absolute atomic E-state index is 0.0531. The van der Waals surface area contributed by atoms with Gasteiger partial charge in [-0.2, -0.15) is 0 Å². The number of anilines is 1. The second-order valence-corrected chi connectivity index (χ2v) is 8.56. The molecule has 7 nitrogen and oxygen atoms in total. The number of carbonyl (C=O) groups excluding carboxylic acids is 2. The summed E-state index contributed by atoms with van der Waals surface area (Å²) in [6.07, 6.45) is 12.2. The van der Waals surface area contributed by atoms with Crippen molar-refractivity contribution < 1.29 is 9.59 Å². The van der Waals surface area contributed by atoms with Crippen LogP contribution < -0.4 is 10.2 Å². The van der Waals surface area contributed by atoms with Crippen LogP contribution in [0.5, 0.6) is 0 Å². The number of benzene rings is 1. The maximum absolute atomic E-state index is 13.4. The summed E-state index contributed by atoms with van der Waals surface area (Å²) in [7, 11) is 0. The zero-order chi connectivity index (χ0) is 21.5. The normalized spacial score (nSPS) is 17.7. The lowest BCUT2D eigenvalue weighted by Crippen LogP contribution is -2.39. The summed E-state index contributed by atoms with van der Waals surface area (Å²) in [4.78, 5) is 34.5. The standard InChI is InChI=1S/C24H33N5O2/c30-23(26-11-7-15-27-13-5-1-2-6-14-27)18-22(28-17-12-25-19-28)24(31)29-16-10-20-8-3-4-9-21(20)29/h3-4,8-9,12,17,19,22H,1-2,5-7,10-11,13-16,18H2,(H,26,30). The van der Waals surface area contributed by atoms with Crippen LogP contribution in [0.25, 0.3) is 0 Å². The molecule has 1 N–H and O–H groups in total. The average molecular weight is 424 g/mol. The first-order valence-corrected chi connectivity index (χ1v) is 11.6. The molecule has 0 saturated carbocycles. The Morgan fingerprint density at radius 3 is 2.65 bits per heavy atom. The number of hydrogen-bond donors (Lipinski definition) is 1. The number of hydrogen-bond acceptors (Lipinski definition) is 4. The zero-order valence-corrected chi connectivity index (χ0v) is 18.2. The van der Waals surface area contributed by atoms with Gasteiger partial charge >= 0.3 is 0 Å². The Morgan fingerprint density at radius 2 is 1.87 bits per heavy atom. The molecule has 0 spiro atoms. The number of aromatic nitrogens is 2. The van der Waals surface area contributed by atoms with Crippen LogP contribution in [0, 0.1) is 0 Å². The monoisotopic (exact) mass is 423 g/mol. The first-order valence-electron chi connectivity index (χ1n) is 11.6. The van der Waals surface area contributed by atoms with E-state index in [1.54, 1.807) is 23.3 Å². The Morgan fingerprint density at radius 1 is 1.06 bits per heavy atom. The third kappa shape index (κ3) is 5.53. The number of imidazole rings is 1. The molecule has 1 saturated heterocycles. The van der Waals surface area contributed by atoms with Crippen molar-refractivity contribution in [2.75, 3.05) is 37.6 Å². The van der Waals surface area contributed by atoms with Crippen molar-refractivity contribution in [2.24, 2.45) is 0 Å². The SMILES string of the molecule is O=C(CC(C(=O)N1CCc2ccccc21)n1ccnc1)NCCCN1CCCCCC1. The number of carbonyl (C=O) groups is 2. The number of nitrogens with one attached hydrogen (secondary N) is 1. The molecule has 0 bridgehead atoms. The molecule has 7 heteroatoms. The fraction of sp³-hybridized carbons (Fsp3) is 0.542. The van der Waals surface area contributed by atoms with E-state index in [1.165, 1.54) is 44.3 Å².